The molecule has 1 aromatic carbocycles. The van der Waals surface area contributed by atoms with Crippen LogP contribution in [0.3, 0.4) is 0 Å². The van der Waals surface area contributed by atoms with E-state index >= 15 is 0 Å². The summed E-state index contributed by atoms with van der Waals surface area (Å²) in [7, 11) is 0. The lowest BCUT2D eigenvalue weighted by molar-refractivity contribution is 0.568. The molecular formula is C16H25N. The number of hydrogen-bond donors (Lipinski definition) is 1. The maximum atomic E-state index is 4.18. The Kier molecular flexibility index (Phi) is 3.71. The molecule has 0 bridgehead atoms. The fourth-order valence-corrected chi connectivity index (χ4v) is 1.62. The molecule has 1 heteroatoms. The van der Waals surface area contributed by atoms with E-state index in [1.165, 1.54) is 11.1 Å². The van der Waals surface area contributed by atoms with Gasteiger partial charge in [0.1, 0.15) is 0 Å². The Morgan fingerprint density at radius 2 is 1.41 bits per heavy atom. The minimum atomic E-state index is 0.0998. The van der Waals surface area contributed by atoms with Crippen LogP contribution < -0.4 is 5.32 Å². The zero-order valence-corrected chi connectivity index (χ0v) is 12.0. The van der Waals surface area contributed by atoms with Crippen LogP contribution in [0.4, 0.5) is 5.69 Å². The fourth-order valence-electron chi connectivity index (χ4n) is 1.62. The predicted octanol–water partition coefficient (Wildman–Crippen LogP) is 4.96. The molecule has 0 saturated heterocycles. The second-order valence-corrected chi connectivity index (χ2v) is 6.68. The van der Waals surface area contributed by atoms with E-state index in [-0.39, 0.29) is 11.0 Å². The van der Waals surface area contributed by atoms with Crippen molar-refractivity contribution in [3.05, 3.63) is 36.4 Å². The highest BCUT2D eigenvalue weighted by molar-refractivity contribution is 5.68. The third-order valence-electron chi connectivity index (χ3n) is 2.66. The first-order valence-corrected chi connectivity index (χ1v) is 6.17. The normalized spacial score (nSPS) is 12.4. The van der Waals surface area contributed by atoms with E-state index in [2.05, 4.69) is 77.7 Å². The molecule has 1 nitrogen and oxygen atoms in total. The molecule has 1 aromatic rings. The van der Waals surface area contributed by atoms with Gasteiger partial charge in [-0.2, -0.15) is 0 Å². The predicted molar refractivity (Wildman–Crippen MR) is 78.3 cm³/mol. The van der Waals surface area contributed by atoms with Crippen LogP contribution in [0.25, 0.3) is 5.57 Å². The summed E-state index contributed by atoms with van der Waals surface area (Å²) in [5.41, 5.74) is 3.78. The average Bonchev–Trinajstić information content (AvgIpc) is 2.14. The van der Waals surface area contributed by atoms with Gasteiger partial charge in [-0.05, 0) is 49.5 Å². The van der Waals surface area contributed by atoms with Crippen LogP contribution in [-0.2, 0) is 0 Å². The van der Waals surface area contributed by atoms with Crippen LogP contribution in [0.2, 0.25) is 0 Å². The molecule has 17 heavy (non-hydrogen) atoms. The van der Waals surface area contributed by atoms with Crippen molar-refractivity contribution in [1.29, 1.82) is 0 Å². The van der Waals surface area contributed by atoms with Gasteiger partial charge in [-0.15, -0.1) is 0 Å². The summed E-state index contributed by atoms with van der Waals surface area (Å²) in [5, 5.41) is 3.46. The van der Waals surface area contributed by atoms with Crippen LogP contribution in [0.1, 0.15) is 47.1 Å². The van der Waals surface area contributed by atoms with Crippen LogP contribution in [0.15, 0.2) is 30.8 Å². The van der Waals surface area contributed by atoms with Gasteiger partial charge in [0.05, 0.1) is 0 Å². The first-order chi connectivity index (χ1) is 7.59. The third-order valence-corrected chi connectivity index (χ3v) is 2.66. The first-order valence-electron chi connectivity index (χ1n) is 6.17. The smallest absolute Gasteiger partial charge is 0.0344 e. The second-order valence-electron chi connectivity index (χ2n) is 6.68. The van der Waals surface area contributed by atoms with E-state index in [1.807, 2.05) is 0 Å². The maximum Gasteiger partial charge on any atom is 0.0344 e. The lowest BCUT2D eigenvalue weighted by Crippen LogP contribution is -2.25. The van der Waals surface area contributed by atoms with Gasteiger partial charge < -0.3 is 5.32 Å². The lowest BCUT2D eigenvalue weighted by Gasteiger charge is -2.24. The van der Waals surface area contributed by atoms with Crippen LogP contribution >= 0.6 is 0 Å². The van der Waals surface area contributed by atoms with Crippen molar-refractivity contribution in [1.82, 2.24) is 0 Å². The molecule has 0 atom stereocenters. The van der Waals surface area contributed by atoms with Gasteiger partial charge in [0.25, 0.3) is 0 Å². The Balaban J connectivity index is 2.86. The number of anilines is 1. The summed E-state index contributed by atoms with van der Waals surface area (Å²) in [6, 6.07) is 8.53. The summed E-state index contributed by atoms with van der Waals surface area (Å²) in [6.07, 6.45) is 0. The summed E-state index contributed by atoms with van der Waals surface area (Å²) in [6.45, 7) is 17.2. The average molecular weight is 231 g/mol. The molecule has 0 heterocycles. The van der Waals surface area contributed by atoms with Crippen molar-refractivity contribution in [2.24, 2.45) is 5.41 Å². The summed E-state index contributed by atoms with van der Waals surface area (Å²) < 4.78 is 0. The molecule has 0 spiro atoms. The van der Waals surface area contributed by atoms with Crippen molar-refractivity contribution in [2.75, 3.05) is 5.32 Å². The molecule has 0 aliphatic carbocycles. The quantitative estimate of drug-likeness (QED) is 0.759. The topological polar surface area (TPSA) is 12.0 Å². The Morgan fingerprint density at radius 1 is 0.941 bits per heavy atom. The Labute approximate surface area is 106 Å². The molecule has 0 radical (unpaired) electrons. The highest BCUT2D eigenvalue weighted by atomic mass is 14.9. The minimum absolute atomic E-state index is 0.0998. The van der Waals surface area contributed by atoms with E-state index in [9.17, 15) is 0 Å². The van der Waals surface area contributed by atoms with E-state index in [0.29, 0.717) is 0 Å². The maximum absolute atomic E-state index is 4.18. The summed E-state index contributed by atoms with van der Waals surface area (Å²) in [5.74, 6) is 0. The van der Waals surface area contributed by atoms with E-state index in [1.54, 1.807) is 0 Å². The van der Waals surface area contributed by atoms with E-state index < -0.39 is 0 Å². The molecule has 0 saturated carbocycles. The Hall–Kier alpha value is -1.24. The molecule has 0 unspecified atom stereocenters. The summed E-state index contributed by atoms with van der Waals surface area (Å²) in [4.78, 5) is 0. The van der Waals surface area contributed by atoms with Gasteiger partial charge in [0.15, 0.2) is 0 Å². The third kappa shape index (κ3) is 4.26. The van der Waals surface area contributed by atoms with Crippen molar-refractivity contribution in [2.45, 2.75) is 47.1 Å². The lowest BCUT2D eigenvalue weighted by atomic mass is 9.83. The van der Waals surface area contributed by atoms with Gasteiger partial charge in [-0.3, -0.25) is 0 Å². The first kappa shape index (κ1) is 13.8. The molecule has 0 fully saturated rings. The van der Waals surface area contributed by atoms with Crippen molar-refractivity contribution in [3.8, 4) is 0 Å². The zero-order valence-electron chi connectivity index (χ0n) is 12.0. The van der Waals surface area contributed by atoms with Crippen molar-refractivity contribution < 1.29 is 0 Å². The summed E-state index contributed by atoms with van der Waals surface area (Å²) >= 11 is 0. The molecule has 0 aliphatic rings. The number of allylic oxidation sites excluding steroid dienone is 1. The van der Waals surface area contributed by atoms with Gasteiger partial charge in [0.2, 0.25) is 0 Å². The monoisotopic (exact) mass is 231 g/mol. The minimum Gasteiger partial charge on any atom is -0.380 e. The zero-order chi connectivity index (χ0) is 13.3. The number of nitrogens with one attached hydrogen (secondary N) is 1. The van der Waals surface area contributed by atoms with Crippen LogP contribution in [-0.4, -0.2) is 5.54 Å². The molecule has 0 aromatic heterocycles. The highest BCUT2D eigenvalue weighted by Crippen LogP contribution is 2.32. The Morgan fingerprint density at radius 3 is 1.76 bits per heavy atom. The molecule has 0 aliphatic heterocycles. The number of benzene rings is 1. The molecule has 0 amide bonds. The SMILES string of the molecule is C=C(c1ccc(NC(C)(C)C)cc1)C(C)(C)C. The number of hydrogen-bond acceptors (Lipinski definition) is 1. The molecule has 1 N–H and O–H groups in total. The van der Waals surface area contributed by atoms with Crippen LogP contribution in [0, 0.1) is 5.41 Å². The molecule has 1 rings (SSSR count). The van der Waals surface area contributed by atoms with E-state index in [4.69, 9.17) is 0 Å². The fraction of sp³-hybridized carbons (Fsp3) is 0.500. The van der Waals surface area contributed by atoms with Gasteiger partial charge in [-0.1, -0.05) is 39.5 Å². The van der Waals surface area contributed by atoms with Crippen LogP contribution in [0.5, 0.6) is 0 Å². The molecular weight excluding hydrogens is 206 g/mol. The Bertz CT molecular complexity index is 385. The molecule has 94 valence electrons. The largest absolute Gasteiger partial charge is 0.380 e. The standard InChI is InChI=1S/C16H25N/c1-12(15(2,3)4)13-8-10-14(11-9-13)17-16(5,6)7/h8-11,17H,1H2,2-7H3. The van der Waals surface area contributed by atoms with Gasteiger partial charge in [-0.25, -0.2) is 0 Å². The van der Waals surface area contributed by atoms with E-state index in [0.717, 1.165) is 5.69 Å². The van der Waals surface area contributed by atoms with Crippen molar-refractivity contribution >= 4 is 11.3 Å². The van der Waals surface area contributed by atoms with Crippen molar-refractivity contribution in [3.63, 3.8) is 0 Å². The van der Waals surface area contributed by atoms with Gasteiger partial charge in [0, 0.05) is 11.2 Å². The second kappa shape index (κ2) is 4.56. The number of rotatable bonds is 2. The van der Waals surface area contributed by atoms with Gasteiger partial charge >= 0.3 is 0 Å². The highest BCUT2D eigenvalue weighted by Gasteiger charge is 2.16.